The highest BCUT2D eigenvalue weighted by atomic mass is 32.1. The molecule has 1 aliphatic carbocycles. The third-order valence-corrected chi connectivity index (χ3v) is 7.31. The fourth-order valence-electron chi connectivity index (χ4n) is 4.08. The van der Waals surface area contributed by atoms with Gasteiger partial charge in [0, 0.05) is 37.6 Å². The number of para-hydroxylation sites is 1. The molecule has 8 heteroatoms. The van der Waals surface area contributed by atoms with E-state index < -0.39 is 0 Å². The summed E-state index contributed by atoms with van der Waals surface area (Å²) in [5.41, 5.74) is 1.92. The molecule has 1 atom stereocenters. The van der Waals surface area contributed by atoms with Crippen LogP contribution in [0, 0.1) is 6.92 Å². The normalized spacial score (nSPS) is 18.3. The molecule has 3 aromatic rings. The van der Waals surface area contributed by atoms with Gasteiger partial charge in [0.25, 0.3) is 5.91 Å². The van der Waals surface area contributed by atoms with E-state index in [0.717, 1.165) is 39.3 Å². The second-order valence-corrected chi connectivity index (χ2v) is 9.48. The van der Waals surface area contributed by atoms with E-state index in [0.29, 0.717) is 32.2 Å². The van der Waals surface area contributed by atoms with Crippen LogP contribution in [-0.4, -0.2) is 69.7 Å². The maximum atomic E-state index is 13.2. The summed E-state index contributed by atoms with van der Waals surface area (Å²) in [5.74, 6) is 0.169. The fraction of sp³-hybridized carbons (Fsp3) is 0.435. The number of benzene rings is 1. The second-order valence-electron chi connectivity index (χ2n) is 8.45. The van der Waals surface area contributed by atoms with E-state index in [1.807, 2.05) is 59.8 Å². The minimum absolute atomic E-state index is 0.0648. The molecule has 2 aliphatic rings. The van der Waals surface area contributed by atoms with Crippen LogP contribution < -0.4 is 5.32 Å². The summed E-state index contributed by atoms with van der Waals surface area (Å²) in [5, 5.41) is 8.77. The topological polar surface area (TPSA) is 70.5 Å². The lowest BCUT2D eigenvalue weighted by Crippen LogP contribution is -2.55. The molecule has 2 fully saturated rings. The molecular formula is C23H27N5O2S. The van der Waals surface area contributed by atoms with E-state index >= 15 is 0 Å². The van der Waals surface area contributed by atoms with Crippen LogP contribution in [0.25, 0.3) is 15.9 Å². The van der Waals surface area contributed by atoms with Crippen LogP contribution in [0.2, 0.25) is 0 Å². The lowest BCUT2D eigenvalue weighted by atomic mass is 10.2. The van der Waals surface area contributed by atoms with Crippen molar-refractivity contribution in [1.29, 1.82) is 0 Å². The highest BCUT2D eigenvalue weighted by Crippen LogP contribution is 2.31. The smallest absolute Gasteiger partial charge is 0.264 e. The number of piperazine rings is 1. The molecule has 31 heavy (non-hydrogen) atoms. The van der Waals surface area contributed by atoms with Gasteiger partial charge in [-0.25, -0.2) is 4.68 Å². The van der Waals surface area contributed by atoms with Gasteiger partial charge in [0.05, 0.1) is 22.3 Å². The quantitative estimate of drug-likeness (QED) is 0.666. The average Bonchev–Trinajstić information content (AvgIpc) is 3.41. The molecule has 1 unspecified atom stereocenters. The summed E-state index contributed by atoms with van der Waals surface area (Å²) >= 11 is 1.50. The Bertz CT molecular complexity index is 1110. The van der Waals surface area contributed by atoms with Gasteiger partial charge in [-0.15, -0.1) is 11.3 Å². The maximum Gasteiger partial charge on any atom is 0.264 e. The van der Waals surface area contributed by atoms with Crippen LogP contribution in [-0.2, 0) is 4.79 Å². The standard InChI is InChI=1S/C23H27N5O2S/c1-15-19-14-20(31-23(19)28(25-15)18-6-4-3-5-7-18)22(30)27-12-10-26(11-13-27)16(2)21(29)24-17-8-9-17/h3-7,14,16-17H,8-13H2,1-2H3,(H,24,29). The summed E-state index contributed by atoms with van der Waals surface area (Å²) in [6.07, 6.45) is 2.19. The number of nitrogens with one attached hydrogen (secondary N) is 1. The molecule has 1 aliphatic heterocycles. The van der Waals surface area contributed by atoms with Crippen LogP contribution >= 0.6 is 11.3 Å². The second kappa shape index (κ2) is 8.09. The van der Waals surface area contributed by atoms with Crippen molar-refractivity contribution in [2.45, 2.75) is 38.8 Å². The van der Waals surface area contributed by atoms with Crippen molar-refractivity contribution >= 4 is 33.4 Å². The largest absolute Gasteiger partial charge is 0.352 e. The summed E-state index contributed by atoms with van der Waals surface area (Å²) in [6.45, 7) is 6.64. The zero-order valence-electron chi connectivity index (χ0n) is 17.9. The van der Waals surface area contributed by atoms with Gasteiger partial charge < -0.3 is 10.2 Å². The number of aryl methyl sites for hydroxylation is 1. The molecule has 1 saturated carbocycles. The minimum Gasteiger partial charge on any atom is -0.352 e. The highest BCUT2D eigenvalue weighted by molar-refractivity contribution is 7.20. The fourth-order valence-corrected chi connectivity index (χ4v) is 5.23. The van der Waals surface area contributed by atoms with Crippen LogP contribution in [0.5, 0.6) is 0 Å². The summed E-state index contributed by atoms with van der Waals surface area (Å²) in [6, 6.07) is 12.2. The number of carbonyl (C=O) groups is 2. The first-order chi connectivity index (χ1) is 15.0. The van der Waals surface area contributed by atoms with Gasteiger partial charge >= 0.3 is 0 Å². The van der Waals surface area contributed by atoms with Gasteiger partial charge in [0.1, 0.15) is 4.83 Å². The molecule has 0 spiro atoms. The van der Waals surface area contributed by atoms with Gasteiger partial charge in [-0.2, -0.15) is 5.10 Å². The molecule has 0 bridgehead atoms. The third kappa shape index (κ3) is 3.97. The molecule has 3 heterocycles. The van der Waals surface area contributed by atoms with Crippen molar-refractivity contribution in [2.24, 2.45) is 0 Å². The molecule has 1 aromatic carbocycles. The molecular weight excluding hydrogens is 410 g/mol. The number of rotatable bonds is 5. The van der Waals surface area contributed by atoms with Crippen molar-refractivity contribution in [3.8, 4) is 5.69 Å². The Balaban J connectivity index is 1.28. The first-order valence-electron chi connectivity index (χ1n) is 10.9. The predicted molar refractivity (Wildman–Crippen MR) is 122 cm³/mol. The lowest BCUT2D eigenvalue weighted by Gasteiger charge is -2.37. The van der Waals surface area contributed by atoms with E-state index in [2.05, 4.69) is 15.3 Å². The Morgan fingerprint density at radius 2 is 1.84 bits per heavy atom. The van der Waals surface area contributed by atoms with Crippen LogP contribution in [0.4, 0.5) is 0 Å². The molecule has 1 N–H and O–H groups in total. The number of aromatic nitrogens is 2. The first-order valence-corrected chi connectivity index (χ1v) is 11.7. The summed E-state index contributed by atoms with van der Waals surface area (Å²) in [7, 11) is 0. The molecule has 2 aromatic heterocycles. The molecule has 1 saturated heterocycles. The zero-order chi connectivity index (χ0) is 21.5. The van der Waals surface area contributed by atoms with Gasteiger partial charge in [0.15, 0.2) is 0 Å². The lowest BCUT2D eigenvalue weighted by molar-refractivity contribution is -0.126. The molecule has 7 nitrogen and oxygen atoms in total. The number of thiophene rings is 1. The Kier molecular flexibility index (Phi) is 5.27. The van der Waals surface area contributed by atoms with Crippen LogP contribution in [0.1, 0.15) is 35.1 Å². The van der Waals surface area contributed by atoms with Crippen molar-refractivity contribution in [1.82, 2.24) is 24.9 Å². The Hall–Kier alpha value is -2.71. The minimum atomic E-state index is -0.151. The highest BCUT2D eigenvalue weighted by Gasteiger charge is 2.31. The Labute approximate surface area is 185 Å². The summed E-state index contributed by atoms with van der Waals surface area (Å²) < 4.78 is 1.92. The first kappa shape index (κ1) is 20.2. The number of fused-ring (bicyclic) bond motifs is 1. The number of amides is 2. The van der Waals surface area contributed by atoms with Crippen molar-refractivity contribution in [2.75, 3.05) is 26.2 Å². The van der Waals surface area contributed by atoms with E-state index in [1.54, 1.807) is 0 Å². The van der Waals surface area contributed by atoms with E-state index in [4.69, 9.17) is 0 Å². The molecule has 2 amide bonds. The van der Waals surface area contributed by atoms with E-state index in [-0.39, 0.29) is 17.9 Å². The number of hydrogen-bond donors (Lipinski definition) is 1. The average molecular weight is 438 g/mol. The van der Waals surface area contributed by atoms with E-state index in [9.17, 15) is 9.59 Å². The number of carbonyl (C=O) groups excluding carboxylic acids is 2. The van der Waals surface area contributed by atoms with Gasteiger partial charge in [-0.3, -0.25) is 14.5 Å². The predicted octanol–water partition coefficient (Wildman–Crippen LogP) is 2.82. The number of nitrogens with zero attached hydrogens (tertiary/aromatic N) is 4. The van der Waals surface area contributed by atoms with Gasteiger partial charge in [-0.05, 0) is 44.9 Å². The van der Waals surface area contributed by atoms with Crippen LogP contribution in [0.3, 0.4) is 0 Å². The van der Waals surface area contributed by atoms with Crippen molar-refractivity contribution in [3.63, 3.8) is 0 Å². The molecule has 0 radical (unpaired) electrons. The van der Waals surface area contributed by atoms with E-state index in [1.165, 1.54) is 11.3 Å². The Morgan fingerprint density at radius 1 is 1.13 bits per heavy atom. The monoisotopic (exact) mass is 437 g/mol. The summed E-state index contributed by atoms with van der Waals surface area (Å²) in [4.78, 5) is 31.4. The Morgan fingerprint density at radius 3 is 2.52 bits per heavy atom. The molecule has 5 rings (SSSR count). The van der Waals surface area contributed by atoms with Crippen LogP contribution in [0.15, 0.2) is 36.4 Å². The van der Waals surface area contributed by atoms with Crippen molar-refractivity contribution in [3.05, 3.63) is 47.0 Å². The van der Waals surface area contributed by atoms with Crippen molar-refractivity contribution < 1.29 is 9.59 Å². The maximum absolute atomic E-state index is 13.2. The zero-order valence-corrected chi connectivity index (χ0v) is 18.7. The van der Waals surface area contributed by atoms with Gasteiger partial charge in [-0.1, -0.05) is 18.2 Å². The van der Waals surface area contributed by atoms with Gasteiger partial charge in [0.2, 0.25) is 5.91 Å². The molecule has 162 valence electrons. The number of hydrogen-bond acceptors (Lipinski definition) is 5. The SMILES string of the molecule is Cc1nn(-c2ccccc2)c2sc(C(=O)N3CCN(C(C)C(=O)NC4CC4)CC3)cc12. The third-order valence-electron chi connectivity index (χ3n) is 6.21.